The molecule has 150 valence electrons. The SMILES string of the molecule is CCOC(=O)COC(=O)c1cn(-c2ccc(OCC)cc2)c(=O)c2ccccc12. The second kappa shape index (κ2) is 9.05. The van der Waals surface area contributed by atoms with Crippen LogP contribution in [0.1, 0.15) is 24.2 Å². The molecular weight excluding hydrogens is 374 g/mol. The van der Waals surface area contributed by atoms with E-state index in [1.165, 1.54) is 10.8 Å². The zero-order valence-corrected chi connectivity index (χ0v) is 16.2. The number of nitrogens with zero attached hydrogens (tertiary/aromatic N) is 1. The molecule has 0 saturated heterocycles. The van der Waals surface area contributed by atoms with Gasteiger partial charge in [0.05, 0.1) is 18.8 Å². The average Bonchev–Trinajstić information content (AvgIpc) is 2.74. The van der Waals surface area contributed by atoms with E-state index in [2.05, 4.69) is 0 Å². The van der Waals surface area contributed by atoms with Crippen molar-refractivity contribution in [3.8, 4) is 11.4 Å². The summed E-state index contributed by atoms with van der Waals surface area (Å²) in [7, 11) is 0. The minimum absolute atomic E-state index is 0.179. The van der Waals surface area contributed by atoms with Crippen LogP contribution in [0.25, 0.3) is 16.5 Å². The minimum Gasteiger partial charge on any atom is -0.494 e. The van der Waals surface area contributed by atoms with Crippen molar-refractivity contribution < 1.29 is 23.8 Å². The number of aromatic nitrogens is 1. The number of rotatable bonds is 7. The highest BCUT2D eigenvalue weighted by molar-refractivity contribution is 6.04. The number of hydrogen-bond acceptors (Lipinski definition) is 6. The Hall–Kier alpha value is -3.61. The molecule has 0 amide bonds. The number of hydrogen-bond donors (Lipinski definition) is 0. The summed E-state index contributed by atoms with van der Waals surface area (Å²) in [5, 5.41) is 0.820. The Bertz CT molecular complexity index is 1080. The van der Waals surface area contributed by atoms with Crippen molar-refractivity contribution in [1.29, 1.82) is 0 Å². The first-order valence-electron chi connectivity index (χ1n) is 9.25. The van der Waals surface area contributed by atoms with Gasteiger partial charge in [-0.3, -0.25) is 9.36 Å². The number of fused-ring (bicyclic) bond motifs is 1. The van der Waals surface area contributed by atoms with Gasteiger partial charge >= 0.3 is 11.9 Å². The van der Waals surface area contributed by atoms with Crippen LogP contribution >= 0.6 is 0 Å². The maximum atomic E-state index is 13.0. The zero-order valence-electron chi connectivity index (χ0n) is 16.2. The van der Waals surface area contributed by atoms with Crippen LogP contribution in [-0.4, -0.2) is 36.3 Å². The quantitative estimate of drug-likeness (QED) is 0.572. The molecule has 2 aromatic carbocycles. The fraction of sp³-hybridized carbons (Fsp3) is 0.227. The van der Waals surface area contributed by atoms with Crippen LogP contribution in [0.5, 0.6) is 5.75 Å². The van der Waals surface area contributed by atoms with Crippen LogP contribution in [0.3, 0.4) is 0 Å². The van der Waals surface area contributed by atoms with Gasteiger partial charge in [-0.25, -0.2) is 9.59 Å². The van der Waals surface area contributed by atoms with E-state index in [0.717, 1.165) is 0 Å². The molecule has 29 heavy (non-hydrogen) atoms. The average molecular weight is 395 g/mol. The maximum absolute atomic E-state index is 13.0. The lowest BCUT2D eigenvalue weighted by Crippen LogP contribution is -2.22. The van der Waals surface area contributed by atoms with Gasteiger partial charge in [-0.05, 0) is 44.2 Å². The summed E-state index contributed by atoms with van der Waals surface area (Å²) in [5.41, 5.74) is 0.480. The van der Waals surface area contributed by atoms with Gasteiger partial charge in [0.2, 0.25) is 0 Å². The third-order valence-electron chi connectivity index (χ3n) is 4.20. The first kappa shape index (κ1) is 20.1. The lowest BCUT2D eigenvalue weighted by atomic mass is 10.1. The highest BCUT2D eigenvalue weighted by atomic mass is 16.6. The summed E-state index contributed by atoms with van der Waals surface area (Å²) in [6.07, 6.45) is 1.42. The number of benzene rings is 2. The summed E-state index contributed by atoms with van der Waals surface area (Å²) in [6.45, 7) is 3.78. The van der Waals surface area contributed by atoms with Gasteiger partial charge in [0.1, 0.15) is 5.75 Å². The van der Waals surface area contributed by atoms with Gasteiger partial charge < -0.3 is 14.2 Å². The zero-order chi connectivity index (χ0) is 20.8. The van der Waals surface area contributed by atoms with E-state index in [1.807, 2.05) is 6.92 Å². The topological polar surface area (TPSA) is 83.8 Å². The molecule has 0 aliphatic carbocycles. The molecule has 0 bridgehead atoms. The predicted octanol–water partition coefficient (Wildman–Crippen LogP) is 3.11. The molecular formula is C22H21NO6. The lowest BCUT2D eigenvalue weighted by molar-refractivity contribution is -0.146. The maximum Gasteiger partial charge on any atom is 0.344 e. The highest BCUT2D eigenvalue weighted by Gasteiger charge is 2.18. The van der Waals surface area contributed by atoms with Crippen molar-refractivity contribution in [3.05, 3.63) is 70.6 Å². The Morgan fingerprint density at radius 3 is 2.24 bits per heavy atom. The van der Waals surface area contributed by atoms with E-state index in [1.54, 1.807) is 55.5 Å². The van der Waals surface area contributed by atoms with Crippen molar-refractivity contribution in [3.63, 3.8) is 0 Å². The molecule has 0 saturated carbocycles. The fourth-order valence-corrected chi connectivity index (χ4v) is 2.92. The molecule has 0 fully saturated rings. The standard InChI is InChI=1S/C22H21NO6/c1-3-27-16-11-9-15(10-12-16)23-13-19(22(26)29-14-20(24)28-4-2)17-7-5-6-8-18(17)21(23)25/h5-13H,3-4,14H2,1-2H3. The van der Waals surface area contributed by atoms with Gasteiger partial charge in [0.15, 0.2) is 6.61 Å². The van der Waals surface area contributed by atoms with Crippen molar-refractivity contribution in [2.24, 2.45) is 0 Å². The normalized spacial score (nSPS) is 10.6. The molecule has 0 N–H and O–H groups in total. The molecule has 1 heterocycles. The van der Waals surface area contributed by atoms with Crippen LogP contribution in [0.15, 0.2) is 59.5 Å². The Kier molecular flexibility index (Phi) is 6.29. The molecule has 1 aromatic heterocycles. The summed E-state index contributed by atoms with van der Waals surface area (Å²) >= 11 is 0. The van der Waals surface area contributed by atoms with E-state index in [0.29, 0.717) is 28.8 Å². The third-order valence-corrected chi connectivity index (χ3v) is 4.20. The predicted molar refractivity (Wildman–Crippen MR) is 108 cm³/mol. The summed E-state index contributed by atoms with van der Waals surface area (Å²) in [6, 6.07) is 13.7. The summed E-state index contributed by atoms with van der Waals surface area (Å²) in [4.78, 5) is 37.1. The number of carbonyl (C=O) groups excluding carboxylic acids is 2. The summed E-state index contributed by atoms with van der Waals surface area (Å²) < 4.78 is 16.7. The second-order valence-corrected chi connectivity index (χ2v) is 6.07. The Morgan fingerprint density at radius 1 is 0.897 bits per heavy atom. The van der Waals surface area contributed by atoms with Gasteiger partial charge in [0, 0.05) is 22.7 Å². The van der Waals surface area contributed by atoms with E-state index < -0.39 is 18.5 Å². The molecule has 3 aromatic rings. The highest BCUT2D eigenvalue weighted by Crippen LogP contribution is 2.20. The van der Waals surface area contributed by atoms with Crippen LogP contribution < -0.4 is 10.3 Å². The van der Waals surface area contributed by atoms with Crippen molar-refractivity contribution in [2.75, 3.05) is 19.8 Å². The van der Waals surface area contributed by atoms with Crippen molar-refractivity contribution >= 4 is 22.7 Å². The Balaban J connectivity index is 2.03. The number of pyridine rings is 1. The van der Waals surface area contributed by atoms with Crippen LogP contribution in [0, 0.1) is 0 Å². The molecule has 3 rings (SSSR count). The molecule has 7 nitrogen and oxygen atoms in total. The molecule has 0 unspecified atom stereocenters. The molecule has 7 heteroatoms. The molecule has 0 aliphatic rings. The molecule has 0 aliphatic heterocycles. The first-order valence-corrected chi connectivity index (χ1v) is 9.25. The lowest BCUT2D eigenvalue weighted by Gasteiger charge is -2.13. The van der Waals surface area contributed by atoms with Gasteiger partial charge in [-0.2, -0.15) is 0 Å². The van der Waals surface area contributed by atoms with Crippen LogP contribution in [0.2, 0.25) is 0 Å². The minimum atomic E-state index is -0.714. The number of carbonyl (C=O) groups is 2. The second-order valence-electron chi connectivity index (χ2n) is 6.07. The summed E-state index contributed by atoms with van der Waals surface area (Å²) in [5.74, 6) is -0.668. The van der Waals surface area contributed by atoms with Crippen molar-refractivity contribution in [1.82, 2.24) is 4.57 Å². The van der Waals surface area contributed by atoms with Crippen molar-refractivity contribution in [2.45, 2.75) is 13.8 Å². The Morgan fingerprint density at radius 2 is 1.59 bits per heavy atom. The smallest absolute Gasteiger partial charge is 0.344 e. The van der Waals surface area contributed by atoms with E-state index in [9.17, 15) is 14.4 Å². The van der Waals surface area contributed by atoms with E-state index in [-0.39, 0.29) is 17.7 Å². The fourth-order valence-electron chi connectivity index (χ4n) is 2.92. The molecule has 0 radical (unpaired) electrons. The molecule has 0 spiro atoms. The van der Waals surface area contributed by atoms with Crippen LogP contribution in [-0.2, 0) is 14.3 Å². The van der Waals surface area contributed by atoms with E-state index in [4.69, 9.17) is 14.2 Å². The van der Waals surface area contributed by atoms with E-state index >= 15 is 0 Å². The third kappa shape index (κ3) is 4.45. The Labute approximate surface area is 167 Å². The number of esters is 2. The molecule has 0 atom stereocenters. The van der Waals surface area contributed by atoms with Gasteiger partial charge in [-0.15, -0.1) is 0 Å². The number of ether oxygens (including phenoxy) is 3. The largest absolute Gasteiger partial charge is 0.494 e. The van der Waals surface area contributed by atoms with Gasteiger partial charge in [0.25, 0.3) is 5.56 Å². The van der Waals surface area contributed by atoms with Gasteiger partial charge in [-0.1, -0.05) is 18.2 Å². The monoisotopic (exact) mass is 395 g/mol. The van der Waals surface area contributed by atoms with Crippen LogP contribution in [0.4, 0.5) is 0 Å². The first-order chi connectivity index (χ1) is 14.0.